The summed E-state index contributed by atoms with van der Waals surface area (Å²) in [6.07, 6.45) is -1.14. The van der Waals surface area contributed by atoms with Crippen LogP contribution in [-0.4, -0.2) is 9.97 Å². The summed E-state index contributed by atoms with van der Waals surface area (Å²) in [6.45, 7) is 1.83. The first-order chi connectivity index (χ1) is 8.97. The molecule has 1 atom stereocenters. The third kappa shape index (κ3) is 3.43. The molecule has 2 aromatic rings. The van der Waals surface area contributed by atoms with Gasteiger partial charge in [0.25, 0.3) is 0 Å². The molecular weight excluding hydrogens is 255 g/mol. The third-order valence-corrected chi connectivity index (χ3v) is 2.59. The molecule has 0 amide bonds. The van der Waals surface area contributed by atoms with Crippen LogP contribution < -0.4 is 5.32 Å². The molecule has 0 aliphatic carbocycles. The van der Waals surface area contributed by atoms with Crippen LogP contribution >= 0.6 is 0 Å². The normalized spacial score (nSPS) is 13.1. The first-order valence-electron chi connectivity index (χ1n) is 5.67. The molecule has 2 rings (SSSR count). The summed E-state index contributed by atoms with van der Waals surface area (Å²) in [5.74, 6) is 0.186. The third-order valence-electron chi connectivity index (χ3n) is 2.59. The van der Waals surface area contributed by atoms with Gasteiger partial charge in [-0.2, -0.15) is 13.2 Å². The maximum atomic E-state index is 12.5. The van der Waals surface area contributed by atoms with E-state index in [4.69, 9.17) is 0 Å². The second-order valence-corrected chi connectivity index (χ2v) is 4.06. The minimum atomic E-state index is -4.44. The Morgan fingerprint density at radius 1 is 1.16 bits per heavy atom. The summed E-state index contributed by atoms with van der Waals surface area (Å²) in [5.41, 5.74) is -0.0300. The summed E-state index contributed by atoms with van der Waals surface area (Å²) in [4.78, 5) is 7.52. The molecule has 0 bridgehead atoms. The zero-order valence-corrected chi connectivity index (χ0v) is 10.1. The van der Waals surface area contributed by atoms with Crippen molar-refractivity contribution >= 4 is 5.82 Å². The highest BCUT2D eigenvalue weighted by Gasteiger charge is 2.32. The predicted octanol–water partition coefficient (Wildman–Crippen LogP) is 3.67. The van der Waals surface area contributed by atoms with E-state index in [9.17, 15) is 13.2 Å². The molecule has 0 radical (unpaired) electrons. The largest absolute Gasteiger partial charge is 0.433 e. The van der Waals surface area contributed by atoms with Gasteiger partial charge >= 0.3 is 6.18 Å². The van der Waals surface area contributed by atoms with Crippen molar-refractivity contribution in [3.8, 4) is 0 Å². The molecule has 3 nitrogen and oxygen atoms in total. The van der Waals surface area contributed by atoms with Crippen molar-refractivity contribution in [2.75, 3.05) is 5.32 Å². The Balaban J connectivity index is 2.16. The van der Waals surface area contributed by atoms with Crippen molar-refractivity contribution < 1.29 is 13.2 Å². The highest BCUT2D eigenvalue weighted by atomic mass is 19.4. The molecule has 0 aliphatic heterocycles. The van der Waals surface area contributed by atoms with Gasteiger partial charge in [-0.05, 0) is 30.7 Å². The van der Waals surface area contributed by atoms with E-state index in [0.717, 1.165) is 11.6 Å². The van der Waals surface area contributed by atoms with Crippen molar-refractivity contribution in [1.82, 2.24) is 9.97 Å². The van der Waals surface area contributed by atoms with E-state index in [1.165, 1.54) is 12.1 Å². The van der Waals surface area contributed by atoms with Crippen LogP contribution in [-0.2, 0) is 6.18 Å². The molecule has 2 heterocycles. The topological polar surface area (TPSA) is 37.8 Å². The van der Waals surface area contributed by atoms with Crippen LogP contribution in [0.4, 0.5) is 19.0 Å². The lowest BCUT2D eigenvalue weighted by atomic mass is 10.1. The van der Waals surface area contributed by atoms with E-state index in [0.29, 0.717) is 0 Å². The lowest BCUT2D eigenvalue weighted by molar-refractivity contribution is -0.141. The van der Waals surface area contributed by atoms with E-state index < -0.39 is 11.9 Å². The van der Waals surface area contributed by atoms with Gasteiger partial charge in [0.1, 0.15) is 11.5 Å². The Hall–Kier alpha value is -2.11. The second kappa shape index (κ2) is 5.26. The minimum Gasteiger partial charge on any atom is -0.363 e. The van der Waals surface area contributed by atoms with Crippen molar-refractivity contribution in [2.45, 2.75) is 19.1 Å². The van der Waals surface area contributed by atoms with Gasteiger partial charge in [-0.3, -0.25) is 4.98 Å². The molecule has 2 aromatic heterocycles. The fraction of sp³-hybridized carbons (Fsp3) is 0.231. The monoisotopic (exact) mass is 267 g/mol. The lowest BCUT2D eigenvalue weighted by Gasteiger charge is -2.15. The van der Waals surface area contributed by atoms with Gasteiger partial charge in [-0.15, -0.1) is 0 Å². The Bertz CT molecular complexity index is 540. The Labute approximate surface area is 108 Å². The van der Waals surface area contributed by atoms with Crippen molar-refractivity contribution in [2.24, 2.45) is 0 Å². The quantitative estimate of drug-likeness (QED) is 0.922. The van der Waals surface area contributed by atoms with Crippen LogP contribution in [0, 0.1) is 0 Å². The van der Waals surface area contributed by atoms with Crippen LogP contribution in [0.3, 0.4) is 0 Å². The highest BCUT2D eigenvalue weighted by Crippen LogP contribution is 2.28. The minimum absolute atomic E-state index is 0.176. The highest BCUT2D eigenvalue weighted by molar-refractivity contribution is 5.38. The maximum Gasteiger partial charge on any atom is 0.433 e. The molecule has 1 unspecified atom stereocenters. The molecule has 6 heteroatoms. The predicted molar refractivity (Wildman–Crippen MR) is 65.5 cm³/mol. The molecular formula is C13H12F3N3. The standard InChI is InChI=1S/C13H12F3N3/c1-9(10-4-3-7-17-8-10)18-12-6-2-5-11(19-12)13(14,15)16/h2-9H,1H3,(H,18,19). The van der Waals surface area contributed by atoms with Crippen molar-refractivity contribution in [3.05, 3.63) is 54.0 Å². The average molecular weight is 267 g/mol. The number of anilines is 1. The van der Waals surface area contributed by atoms with E-state index in [-0.39, 0.29) is 11.9 Å². The zero-order chi connectivity index (χ0) is 13.9. The van der Waals surface area contributed by atoms with Crippen LogP contribution in [0.2, 0.25) is 0 Å². The summed E-state index contributed by atoms with van der Waals surface area (Å²) in [6, 6.07) is 7.21. The van der Waals surface area contributed by atoms with E-state index in [1.54, 1.807) is 18.5 Å². The van der Waals surface area contributed by atoms with Crippen molar-refractivity contribution in [3.63, 3.8) is 0 Å². The summed E-state index contributed by atoms with van der Waals surface area (Å²) < 4.78 is 37.6. The molecule has 0 fully saturated rings. The number of pyridine rings is 2. The fourth-order valence-corrected chi connectivity index (χ4v) is 1.61. The first kappa shape index (κ1) is 13.3. The summed E-state index contributed by atoms with van der Waals surface area (Å²) >= 11 is 0. The fourth-order valence-electron chi connectivity index (χ4n) is 1.61. The summed E-state index contributed by atoms with van der Waals surface area (Å²) in [5, 5.41) is 2.92. The number of nitrogens with one attached hydrogen (secondary N) is 1. The number of alkyl halides is 3. The Morgan fingerprint density at radius 3 is 2.58 bits per heavy atom. The van der Waals surface area contributed by atoms with Gasteiger partial charge in [-0.25, -0.2) is 4.98 Å². The number of nitrogens with zero attached hydrogens (tertiary/aromatic N) is 2. The first-order valence-corrected chi connectivity index (χ1v) is 5.67. The van der Waals surface area contributed by atoms with Gasteiger partial charge in [0, 0.05) is 12.4 Å². The Morgan fingerprint density at radius 2 is 1.95 bits per heavy atom. The van der Waals surface area contributed by atoms with Crippen LogP contribution in [0.25, 0.3) is 0 Å². The van der Waals surface area contributed by atoms with E-state index in [1.807, 2.05) is 13.0 Å². The van der Waals surface area contributed by atoms with E-state index in [2.05, 4.69) is 15.3 Å². The van der Waals surface area contributed by atoms with Crippen LogP contribution in [0.5, 0.6) is 0 Å². The molecule has 100 valence electrons. The van der Waals surface area contributed by atoms with Gasteiger partial charge in [-0.1, -0.05) is 12.1 Å². The molecule has 0 aromatic carbocycles. The molecule has 19 heavy (non-hydrogen) atoms. The number of halogens is 3. The van der Waals surface area contributed by atoms with E-state index >= 15 is 0 Å². The Kier molecular flexibility index (Phi) is 3.69. The number of hydrogen-bond acceptors (Lipinski definition) is 3. The molecule has 0 spiro atoms. The smallest absolute Gasteiger partial charge is 0.363 e. The summed E-state index contributed by atoms with van der Waals surface area (Å²) in [7, 11) is 0. The van der Waals surface area contributed by atoms with Crippen LogP contribution in [0.15, 0.2) is 42.7 Å². The van der Waals surface area contributed by atoms with Crippen molar-refractivity contribution in [1.29, 1.82) is 0 Å². The molecule has 0 saturated heterocycles. The average Bonchev–Trinajstić information content (AvgIpc) is 2.39. The van der Waals surface area contributed by atoms with Gasteiger partial charge in [0.2, 0.25) is 0 Å². The SMILES string of the molecule is CC(Nc1cccc(C(F)(F)F)n1)c1cccnc1. The molecule has 0 saturated carbocycles. The van der Waals surface area contributed by atoms with Gasteiger partial charge in [0.05, 0.1) is 6.04 Å². The molecule has 1 N–H and O–H groups in total. The number of aromatic nitrogens is 2. The zero-order valence-electron chi connectivity index (χ0n) is 10.1. The number of rotatable bonds is 3. The second-order valence-electron chi connectivity index (χ2n) is 4.06. The van der Waals surface area contributed by atoms with Crippen LogP contribution in [0.1, 0.15) is 24.2 Å². The number of hydrogen-bond donors (Lipinski definition) is 1. The molecule has 0 aliphatic rings. The maximum absolute atomic E-state index is 12.5. The van der Waals surface area contributed by atoms with Gasteiger partial charge < -0.3 is 5.32 Å². The van der Waals surface area contributed by atoms with Gasteiger partial charge in [0.15, 0.2) is 0 Å². The lowest BCUT2D eigenvalue weighted by Crippen LogP contribution is -2.12.